The van der Waals surface area contributed by atoms with Crippen LogP contribution < -0.4 is 10.4 Å². The standard InChI is InChI=1S/C37H36FN5O5/c1-18-22-8-7-13-47-32(22)25(38)16-23(18)31-24-17-29(43(6)34(24)40-19(2)30(31)33(35(44)45)48-37(3,4)5)21-11-12-39-27(15-21)20-9-10-26-28(14-20)42-36(46)41-26/h9-12,14-17,33H,7-8,13H2,1-6H3,(H,44,45)(H2,41,42,46)/t33-/m0/s1. The molecule has 6 aromatic rings. The Kier molecular flexibility index (Phi) is 7.47. The van der Waals surface area contributed by atoms with Crippen LogP contribution in [-0.4, -0.2) is 47.8 Å². The van der Waals surface area contributed by atoms with E-state index in [2.05, 4.69) is 15.0 Å². The molecule has 1 atom stereocenters. The van der Waals surface area contributed by atoms with E-state index in [9.17, 15) is 14.7 Å². The number of carbonyl (C=O) groups is 1. The Labute approximate surface area is 275 Å². The van der Waals surface area contributed by atoms with Crippen molar-refractivity contribution in [3.8, 4) is 39.4 Å². The molecule has 246 valence electrons. The van der Waals surface area contributed by atoms with Crippen LogP contribution in [0.4, 0.5) is 4.39 Å². The van der Waals surface area contributed by atoms with Gasteiger partial charge in [0.1, 0.15) is 5.65 Å². The van der Waals surface area contributed by atoms with Crippen LogP contribution in [0.1, 0.15) is 55.7 Å². The van der Waals surface area contributed by atoms with Crippen molar-refractivity contribution < 1.29 is 23.8 Å². The lowest BCUT2D eigenvalue weighted by Gasteiger charge is -2.29. The van der Waals surface area contributed by atoms with E-state index in [1.54, 1.807) is 33.9 Å². The number of ether oxygens (including phenoxy) is 2. The summed E-state index contributed by atoms with van der Waals surface area (Å²) in [7, 11) is 1.90. The number of hydrogen-bond donors (Lipinski definition) is 3. The van der Waals surface area contributed by atoms with Crippen molar-refractivity contribution in [3.05, 3.63) is 87.3 Å². The summed E-state index contributed by atoms with van der Waals surface area (Å²) < 4.78 is 29.7. The van der Waals surface area contributed by atoms with E-state index in [-0.39, 0.29) is 11.4 Å². The van der Waals surface area contributed by atoms with Crippen molar-refractivity contribution in [2.24, 2.45) is 7.05 Å². The average molecular weight is 650 g/mol. The largest absolute Gasteiger partial charge is 0.490 e. The minimum absolute atomic E-state index is 0.256. The van der Waals surface area contributed by atoms with Gasteiger partial charge in [-0.15, -0.1) is 0 Å². The molecule has 0 radical (unpaired) electrons. The van der Waals surface area contributed by atoms with Crippen molar-refractivity contribution in [2.75, 3.05) is 6.61 Å². The molecule has 0 saturated carbocycles. The Morgan fingerprint density at radius 3 is 2.60 bits per heavy atom. The molecule has 10 nitrogen and oxygen atoms in total. The van der Waals surface area contributed by atoms with Crippen LogP contribution in [0.5, 0.6) is 5.75 Å². The molecular weight excluding hydrogens is 613 g/mol. The third kappa shape index (κ3) is 5.33. The first kappa shape index (κ1) is 31.3. The highest BCUT2D eigenvalue weighted by molar-refractivity contribution is 6.01. The predicted molar refractivity (Wildman–Crippen MR) is 182 cm³/mol. The zero-order valence-electron chi connectivity index (χ0n) is 27.6. The monoisotopic (exact) mass is 649 g/mol. The van der Waals surface area contributed by atoms with E-state index in [0.717, 1.165) is 34.4 Å². The van der Waals surface area contributed by atoms with Gasteiger partial charge in [-0.3, -0.25) is 4.98 Å². The third-order valence-electron chi connectivity index (χ3n) is 8.93. The number of aromatic amines is 2. The molecule has 0 unspecified atom stereocenters. The first-order valence-corrected chi connectivity index (χ1v) is 15.8. The average Bonchev–Trinajstić information content (AvgIpc) is 3.58. The van der Waals surface area contributed by atoms with Crippen molar-refractivity contribution in [2.45, 2.75) is 59.2 Å². The summed E-state index contributed by atoms with van der Waals surface area (Å²) in [4.78, 5) is 39.8. The number of nitrogens with one attached hydrogen (secondary N) is 2. The third-order valence-corrected chi connectivity index (χ3v) is 8.93. The first-order valence-electron chi connectivity index (χ1n) is 15.8. The number of benzene rings is 2. The Morgan fingerprint density at radius 1 is 1.08 bits per heavy atom. The Morgan fingerprint density at radius 2 is 1.85 bits per heavy atom. The van der Waals surface area contributed by atoms with E-state index in [1.165, 1.54) is 6.07 Å². The van der Waals surface area contributed by atoms with E-state index >= 15 is 4.39 Å². The van der Waals surface area contributed by atoms with Crippen LogP contribution in [0.2, 0.25) is 0 Å². The van der Waals surface area contributed by atoms with Gasteiger partial charge in [-0.1, -0.05) is 6.07 Å². The summed E-state index contributed by atoms with van der Waals surface area (Å²) in [5.41, 5.74) is 7.68. The Balaban J connectivity index is 1.49. The number of aliphatic carboxylic acids is 1. The fourth-order valence-electron chi connectivity index (χ4n) is 6.79. The van der Waals surface area contributed by atoms with Gasteiger partial charge in [0.25, 0.3) is 0 Å². The maximum atomic E-state index is 15.8. The van der Waals surface area contributed by atoms with E-state index in [0.29, 0.717) is 63.2 Å². The SMILES string of the molecule is Cc1nc2c(cc(-c3ccnc(-c4ccc5[nH]c(=O)[nH]c5c4)c3)n2C)c(-c2cc(F)c3c(c2C)CCCO3)c1[C@H](OC(C)(C)C)C(=O)O. The molecule has 0 saturated heterocycles. The highest BCUT2D eigenvalue weighted by Crippen LogP contribution is 2.45. The summed E-state index contributed by atoms with van der Waals surface area (Å²) >= 11 is 0. The summed E-state index contributed by atoms with van der Waals surface area (Å²) in [5.74, 6) is -1.39. The number of fused-ring (bicyclic) bond motifs is 3. The number of imidazole rings is 1. The number of rotatable bonds is 6. The maximum absolute atomic E-state index is 15.8. The lowest BCUT2D eigenvalue weighted by molar-refractivity contribution is -0.160. The second-order valence-electron chi connectivity index (χ2n) is 13.3. The van der Waals surface area contributed by atoms with E-state index < -0.39 is 23.5 Å². The molecule has 5 heterocycles. The number of carboxylic acid groups (broad SMARTS) is 1. The van der Waals surface area contributed by atoms with Gasteiger partial charge in [0.2, 0.25) is 0 Å². The predicted octanol–water partition coefficient (Wildman–Crippen LogP) is 7.16. The van der Waals surface area contributed by atoms with Crippen LogP contribution in [0.15, 0.2) is 53.5 Å². The lowest BCUT2D eigenvalue weighted by Crippen LogP contribution is -2.28. The zero-order valence-corrected chi connectivity index (χ0v) is 27.6. The quantitative estimate of drug-likeness (QED) is 0.174. The van der Waals surface area contributed by atoms with Crippen LogP contribution in [-0.2, 0) is 23.0 Å². The molecule has 11 heteroatoms. The molecule has 48 heavy (non-hydrogen) atoms. The number of aryl methyl sites for hydroxylation is 2. The number of halogens is 1. The van der Waals surface area contributed by atoms with Gasteiger partial charge in [-0.05, 0) is 95.0 Å². The van der Waals surface area contributed by atoms with Gasteiger partial charge in [0, 0.05) is 52.1 Å². The molecule has 7 rings (SSSR count). The summed E-state index contributed by atoms with van der Waals surface area (Å²) in [6.07, 6.45) is 1.76. The zero-order chi connectivity index (χ0) is 34.1. The highest BCUT2D eigenvalue weighted by Gasteiger charge is 2.34. The first-order chi connectivity index (χ1) is 22.8. The number of pyridine rings is 2. The number of aromatic nitrogens is 5. The molecule has 3 N–H and O–H groups in total. The van der Waals surface area contributed by atoms with Crippen LogP contribution in [0.25, 0.3) is 55.7 Å². The molecule has 4 aromatic heterocycles. The molecule has 1 aliphatic heterocycles. The van der Waals surface area contributed by atoms with Gasteiger partial charge in [0.05, 0.1) is 34.6 Å². The second kappa shape index (κ2) is 11.4. The number of H-pyrrole nitrogens is 2. The van der Waals surface area contributed by atoms with Gasteiger partial charge in [-0.2, -0.15) is 0 Å². The molecule has 0 aliphatic carbocycles. The molecular formula is C37H36FN5O5. The molecule has 0 bridgehead atoms. The van der Waals surface area contributed by atoms with Crippen LogP contribution in [0, 0.1) is 19.7 Å². The fourth-order valence-corrected chi connectivity index (χ4v) is 6.79. The Bertz CT molecular complexity index is 2330. The van der Waals surface area contributed by atoms with Crippen molar-refractivity contribution >= 4 is 28.0 Å². The molecule has 0 spiro atoms. The topological polar surface area (TPSA) is 135 Å². The lowest BCUT2D eigenvalue weighted by atomic mass is 9.86. The number of hydrogen-bond acceptors (Lipinski definition) is 6. The van der Waals surface area contributed by atoms with Crippen LogP contribution in [0.3, 0.4) is 0 Å². The summed E-state index contributed by atoms with van der Waals surface area (Å²) in [6.45, 7) is 9.56. The van der Waals surface area contributed by atoms with Crippen LogP contribution >= 0.6 is 0 Å². The normalized spacial score (nSPS) is 13.9. The minimum atomic E-state index is -1.36. The summed E-state index contributed by atoms with van der Waals surface area (Å²) in [6, 6.07) is 12.9. The van der Waals surface area contributed by atoms with Gasteiger partial charge in [-0.25, -0.2) is 19.0 Å². The number of carboxylic acids is 1. The minimum Gasteiger partial charge on any atom is -0.490 e. The molecule has 2 aromatic carbocycles. The second-order valence-corrected chi connectivity index (χ2v) is 13.3. The molecule has 0 fully saturated rings. The van der Waals surface area contributed by atoms with E-state index in [4.69, 9.17) is 14.5 Å². The highest BCUT2D eigenvalue weighted by atomic mass is 19.1. The maximum Gasteiger partial charge on any atom is 0.337 e. The molecule has 1 aliphatic rings. The van der Waals surface area contributed by atoms with Gasteiger partial charge in [0.15, 0.2) is 17.7 Å². The number of nitrogens with zero attached hydrogens (tertiary/aromatic N) is 3. The Hall–Kier alpha value is -5.29. The fraction of sp³-hybridized carbons (Fsp3) is 0.297. The van der Waals surface area contributed by atoms with Gasteiger partial charge < -0.3 is 29.1 Å². The van der Waals surface area contributed by atoms with E-state index in [1.807, 2.05) is 54.9 Å². The summed E-state index contributed by atoms with van der Waals surface area (Å²) in [5, 5.41) is 11.2. The van der Waals surface area contributed by atoms with Gasteiger partial charge >= 0.3 is 11.7 Å². The van der Waals surface area contributed by atoms with Crippen molar-refractivity contribution in [1.29, 1.82) is 0 Å². The smallest absolute Gasteiger partial charge is 0.337 e. The molecule has 0 amide bonds. The van der Waals surface area contributed by atoms with Crippen molar-refractivity contribution in [1.82, 2.24) is 24.5 Å². The van der Waals surface area contributed by atoms with Crippen molar-refractivity contribution in [3.63, 3.8) is 0 Å².